The Morgan fingerprint density at radius 3 is 2.32 bits per heavy atom. The highest BCUT2D eigenvalue weighted by atomic mass is 32.2. The molecule has 19 heavy (non-hydrogen) atoms. The average molecular weight is 291 g/mol. The van der Waals surface area contributed by atoms with Crippen LogP contribution >= 0.6 is 11.8 Å². The summed E-state index contributed by atoms with van der Waals surface area (Å²) in [5.74, 6) is -0.380. The van der Waals surface area contributed by atoms with Gasteiger partial charge in [-0.05, 0) is 48.9 Å². The first-order valence-electron chi connectivity index (χ1n) is 5.63. The van der Waals surface area contributed by atoms with Crippen LogP contribution in [-0.4, -0.2) is 28.7 Å². The highest BCUT2D eigenvalue weighted by Crippen LogP contribution is 2.37. The maximum absolute atomic E-state index is 12.1. The molecule has 0 heterocycles. The zero-order chi connectivity index (χ0) is 14.1. The Bertz CT molecular complexity index is 469. The molecule has 3 nitrogen and oxygen atoms in total. The number of hydrogen-bond acceptors (Lipinski definition) is 3. The minimum Gasteiger partial charge on any atom is -0.394 e. The Balaban J connectivity index is 2.00. The molecule has 1 aliphatic rings. The number of alkyl halides is 3. The van der Waals surface area contributed by atoms with Crippen molar-refractivity contribution in [3.05, 3.63) is 29.8 Å². The predicted molar refractivity (Wildman–Crippen MR) is 64.9 cm³/mol. The fourth-order valence-corrected chi connectivity index (χ4v) is 2.13. The highest BCUT2D eigenvalue weighted by molar-refractivity contribution is 8.00. The van der Waals surface area contributed by atoms with Crippen molar-refractivity contribution in [1.29, 1.82) is 0 Å². The molecule has 1 aliphatic carbocycles. The molecule has 0 spiro atoms. The van der Waals surface area contributed by atoms with E-state index in [-0.39, 0.29) is 34.7 Å². The first kappa shape index (κ1) is 14.2. The van der Waals surface area contributed by atoms with Crippen LogP contribution in [0.3, 0.4) is 0 Å². The molecular weight excluding hydrogens is 279 g/mol. The SMILES string of the molecule is O=C(NC1(CO)CC1)c1ccc(SC(F)(F)F)cc1. The van der Waals surface area contributed by atoms with Gasteiger partial charge in [0.05, 0.1) is 12.1 Å². The maximum atomic E-state index is 12.1. The van der Waals surface area contributed by atoms with E-state index in [1.165, 1.54) is 24.3 Å². The van der Waals surface area contributed by atoms with E-state index in [2.05, 4.69) is 5.32 Å². The molecular formula is C12H12F3NO2S. The number of aliphatic hydroxyl groups excluding tert-OH is 1. The van der Waals surface area contributed by atoms with Crippen LogP contribution in [0.15, 0.2) is 29.2 Å². The van der Waals surface area contributed by atoms with Crippen molar-refractivity contribution < 1.29 is 23.1 Å². The van der Waals surface area contributed by atoms with Crippen molar-refractivity contribution in [1.82, 2.24) is 5.32 Å². The lowest BCUT2D eigenvalue weighted by Crippen LogP contribution is -2.39. The third-order valence-electron chi connectivity index (χ3n) is 2.88. The van der Waals surface area contributed by atoms with Crippen molar-refractivity contribution in [2.24, 2.45) is 0 Å². The topological polar surface area (TPSA) is 49.3 Å². The van der Waals surface area contributed by atoms with Crippen molar-refractivity contribution >= 4 is 17.7 Å². The summed E-state index contributed by atoms with van der Waals surface area (Å²) in [6.07, 6.45) is 1.44. The van der Waals surface area contributed by atoms with Gasteiger partial charge in [-0.1, -0.05) is 0 Å². The van der Waals surface area contributed by atoms with Gasteiger partial charge in [0.15, 0.2) is 0 Å². The smallest absolute Gasteiger partial charge is 0.394 e. The molecule has 0 bridgehead atoms. The fraction of sp³-hybridized carbons (Fsp3) is 0.417. The molecule has 0 atom stereocenters. The van der Waals surface area contributed by atoms with Gasteiger partial charge >= 0.3 is 5.51 Å². The molecule has 1 saturated carbocycles. The van der Waals surface area contributed by atoms with Gasteiger partial charge in [-0.3, -0.25) is 4.79 Å². The van der Waals surface area contributed by atoms with Crippen molar-refractivity contribution in [2.45, 2.75) is 28.8 Å². The van der Waals surface area contributed by atoms with Gasteiger partial charge in [-0.2, -0.15) is 13.2 Å². The van der Waals surface area contributed by atoms with Gasteiger partial charge in [-0.25, -0.2) is 0 Å². The Morgan fingerprint density at radius 1 is 1.32 bits per heavy atom. The molecule has 2 N–H and O–H groups in total. The van der Waals surface area contributed by atoms with E-state index in [0.717, 1.165) is 12.8 Å². The third-order valence-corrected chi connectivity index (χ3v) is 3.62. The Morgan fingerprint density at radius 2 is 1.89 bits per heavy atom. The second-order valence-corrected chi connectivity index (χ2v) is 5.60. The number of amides is 1. The van der Waals surface area contributed by atoms with Crippen LogP contribution in [0.5, 0.6) is 0 Å². The van der Waals surface area contributed by atoms with Gasteiger partial charge in [-0.15, -0.1) is 0 Å². The summed E-state index contributed by atoms with van der Waals surface area (Å²) in [5, 5.41) is 11.8. The number of thioether (sulfide) groups is 1. The lowest BCUT2D eigenvalue weighted by molar-refractivity contribution is -0.0328. The lowest BCUT2D eigenvalue weighted by atomic mass is 10.2. The molecule has 0 aliphatic heterocycles. The van der Waals surface area contributed by atoms with Crippen LogP contribution in [0.1, 0.15) is 23.2 Å². The van der Waals surface area contributed by atoms with Crippen LogP contribution in [-0.2, 0) is 0 Å². The fourth-order valence-electron chi connectivity index (χ4n) is 1.59. The van der Waals surface area contributed by atoms with Gasteiger partial charge in [0.2, 0.25) is 0 Å². The van der Waals surface area contributed by atoms with Crippen LogP contribution in [0.4, 0.5) is 13.2 Å². The van der Waals surface area contributed by atoms with Gasteiger partial charge in [0, 0.05) is 10.5 Å². The van der Waals surface area contributed by atoms with Crippen LogP contribution in [0, 0.1) is 0 Å². The largest absolute Gasteiger partial charge is 0.446 e. The van der Waals surface area contributed by atoms with E-state index in [4.69, 9.17) is 5.11 Å². The van der Waals surface area contributed by atoms with E-state index < -0.39 is 11.0 Å². The number of halogens is 3. The van der Waals surface area contributed by atoms with Crippen molar-refractivity contribution in [3.8, 4) is 0 Å². The maximum Gasteiger partial charge on any atom is 0.446 e. The van der Waals surface area contributed by atoms with Crippen molar-refractivity contribution in [3.63, 3.8) is 0 Å². The molecule has 0 saturated heterocycles. The van der Waals surface area contributed by atoms with E-state index in [0.29, 0.717) is 0 Å². The van der Waals surface area contributed by atoms with Crippen LogP contribution in [0.25, 0.3) is 0 Å². The molecule has 0 radical (unpaired) electrons. The molecule has 104 valence electrons. The van der Waals surface area contributed by atoms with E-state index >= 15 is 0 Å². The highest BCUT2D eigenvalue weighted by Gasteiger charge is 2.43. The van der Waals surface area contributed by atoms with Gasteiger partial charge in [0.1, 0.15) is 0 Å². The molecule has 1 fully saturated rings. The summed E-state index contributed by atoms with van der Waals surface area (Å²) in [4.78, 5) is 11.8. The monoisotopic (exact) mass is 291 g/mol. The summed E-state index contributed by atoms with van der Waals surface area (Å²) in [6.45, 7) is -0.124. The second kappa shape index (κ2) is 5.05. The van der Waals surface area contributed by atoms with E-state index in [1.54, 1.807) is 0 Å². The Kier molecular flexibility index (Phi) is 3.78. The predicted octanol–water partition coefficient (Wildman–Crippen LogP) is 2.55. The van der Waals surface area contributed by atoms with Crippen LogP contribution in [0.2, 0.25) is 0 Å². The number of benzene rings is 1. The van der Waals surface area contributed by atoms with Gasteiger partial charge in [0.25, 0.3) is 5.91 Å². The lowest BCUT2D eigenvalue weighted by Gasteiger charge is -2.14. The summed E-state index contributed by atoms with van der Waals surface area (Å²) in [5.41, 5.74) is -4.58. The quantitative estimate of drug-likeness (QED) is 0.838. The minimum absolute atomic E-state index is 0.0346. The summed E-state index contributed by atoms with van der Waals surface area (Å²) in [7, 11) is 0. The zero-order valence-corrected chi connectivity index (χ0v) is 10.6. The molecule has 1 amide bonds. The average Bonchev–Trinajstić information content (AvgIpc) is 3.08. The van der Waals surface area contributed by atoms with E-state index in [1.807, 2.05) is 0 Å². The first-order valence-corrected chi connectivity index (χ1v) is 6.44. The standard InChI is InChI=1S/C12H12F3NO2S/c13-12(14,15)19-9-3-1-8(2-4-9)10(18)16-11(7-17)5-6-11/h1-4,17H,5-7H2,(H,16,18). The third kappa shape index (κ3) is 3.87. The molecule has 0 aromatic heterocycles. The molecule has 2 rings (SSSR count). The van der Waals surface area contributed by atoms with Crippen molar-refractivity contribution in [2.75, 3.05) is 6.61 Å². The summed E-state index contributed by atoms with van der Waals surface area (Å²) < 4.78 is 36.4. The normalized spacial score (nSPS) is 17.1. The molecule has 1 aromatic rings. The van der Waals surface area contributed by atoms with Crippen LogP contribution < -0.4 is 5.32 Å². The second-order valence-electron chi connectivity index (χ2n) is 4.46. The number of carbonyl (C=O) groups is 1. The number of nitrogens with one attached hydrogen (secondary N) is 1. The Labute approximate surface area is 112 Å². The number of carbonyl (C=O) groups excluding carboxylic acids is 1. The Hall–Kier alpha value is -1.21. The summed E-state index contributed by atoms with van der Waals surface area (Å²) >= 11 is -0.221. The van der Waals surface area contributed by atoms with Gasteiger partial charge < -0.3 is 10.4 Å². The zero-order valence-electron chi connectivity index (χ0n) is 9.83. The molecule has 1 aromatic carbocycles. The summed E-state index contributed by atoms with van der Waals surface area (Å²) in [6, 6.07) is 5.20. The first-order chi connectivity index (χ1) is 8.84. The minimum atomic E-state index is -4.33. The number of aliphatic hydroxyl groups is 1. The number of hydrogen-bond donors (Lipinski definition) is 2. The molecule has 0 unspecified atom stereocenters. The number of rotatable bonds is 4. The molecule has 7 heteroatoms. The van der Waals surface area contributed by atoms with E-state index in [9.17, 15) is 18.0 Å².